The number of carbonyl (C=O) groups excluding carboxylic acids is 1. The SMILES string of the molecule is CCCCOc1ccc(S(OC(=O)c2cc(Oc3ccccc3)c(Oc3ccccc3)c(Oc3ccccc3)c2-c2ccccc2)(c2ccccc2)c2ccccc2)cc1. The summed E-state index contributed by atoms with van der Waals surface area (Å²) in [5, 5.41) is 0. The zero-order valence-corrected chi connectivity index (χ0v) is 34.0. The third-order valence-electron chi connectivity index (χ3n) is 9.65. The molecule has 0 unspecified atom stereocenters. The van der Waals surface area contributed by atoms with E-state index in [1.807, 2.05) is 206 Å². The lowest BCUT2D eigenvalue weighted by Crippen LogP contribution is -2.15. The van der Waals surface area contributed by atoms with Crippen LogP contribution in [0.5, 0.6) is 40.2 Å². The molecular weight excluding hydrogens is 765 g/mol. The third-order valence-corrected chi connectivity index (χ3v) is 12.9. The highest BCUT2D eigenvalue weighted by Gasteiger charge is 2.38. The Morgan fingerprint density at radius 1 is 0.467 bits per heavy atom. The molecule has 0 saturated heterocycles. The first-order valence-electron chi connectivity index (χ1n) is 20.0. The van der Waals surface area contributed by atoms with Crippen molar-refractivity contribution in [1.82, 2.24) is 0 Å². The molecule has 0 fully saturated rings. The zero-order chi connectivity index (χ0) is 41.0. The van der Waals surface area contributed by atoms with Gasteiger partial charge in [0.05, 0.1) is 12.2 Å². The Hall–Kier alpha value is -7.22. The summed E-state index contributed by atoms with van der Waals surface area (Å²) < 4.78 is 33.5. The molecule has 0 atom stereocenters. The normalized spacial score (nSPS) is 11.3. The third kappa shape index (κ3) is 8.92. The largest absolute Gasteiger partial charge is 0.494 e. The van der Waals surface area contributed by atoms with Gasteiger partial charge < -0.3 is 23.1 Å². The number of ether oxygens (including phenoxy) is 4. The van der Waals surface area contributed by atoms with Gasteiger partial charge in [-0.05, 0) is 107 Å². The van der Waals surface area contributed by atoms with Gasteiger partial charge in [0, 0.05) is 26.3 Å². The van der Waals surface area contributed by atoms with E-state index >= 15 is 4.79 Å². The van der Waals surface area contributed by atoms with Crippen LogP contribution in [-0.4, -0.2) is 12.6 Å². The van der Waals surface area contributed by atoms with Crippen LogP contribution >= 0.6 is 10.3 Å². The molecule has 298 valence electrons. The molecule has 8 aromatic carbocycles. The van der Waals surface area contributed by atoms with Gasteiger partial charge in [-0.1, -0.05) is 135 Å². The van der Waals surface area contributed by atoms with Gasteiger partial charge in [0.15, 0.2) is 11.5 Å². The van der Waals surface area contributed by atoms with Gasteiger partial charge in [0.25, 0.3) is 0 Å². The molecule has 0 amide bonds. The van der Waals surface area contributed by atoms with E-state index in [4.69, 9.17) is 23.1 Å². The lowest BCUT2D eigenvalue weighted by Gasteiger charge is -2.40. The molecule has 8 aromatic rings. The number of unbranched alkanes of at least 4 members (excludes halogenated alkanes) is 1. The first-order chi connectivity index (χ1) is 29.6. The van der Waals surface area contributed by atoms with E-state index in [0.29, 0.717) is 35.0 Å². The van der Waals surface area contributed by atoms with Crippen molar-refractivity contribution in [3.8, 4) is 51.4 Å². The highest BCUT2D eigenvalue weighted by atomic mass is 32.3. The maximum atomic E-state index is 15.7. The molecule has 8 rings (SSSR count). The van der Waals surface area contributed by atoms with Gasteiger partial charge in [-0.2, -0.15) is 0 Å². The van der Waals surface area contributed by atoms with E-state index in [2.05, 4.69) is 6.92 Å². The van der Waals surface area contributed by atoms with Crippen LogP contribution in [-0.2, 0) is 4.18 Å². The zero-order valence-electron chi connectivity index (χ0n) is 33.2. The van der Waals surface area contributed by atoms with Crippen LogP contribution in [0.25, 0.3) is 11.1 Å². The fourth-order valence-electron chi connectivity index (χ4n) is 6.76. The number of hydrogen-bond acceptors (Lipinski definition) is 6. The molecule has 0 aliphatic heterocycles. The standard InChI is InChI=1S/C53H44O6S/c1-2-3-38-55-41-34-36-47(37-35-41)60(45-30-18-8-19-31-45,46-32-20-9-21-33-46)59-53(54)48-39-49(56-42-24-12-5-13-25-42)51(57-43-26-14-6-15-27-43)52(58-44-28-16-7-17-29-44)50(48)40-22-10-4-11-23-40/h4-37,39H,2-3,38H2,1H3. The fourth-order valence-corrected chi connectivity index (χ4v) is 9.79. The molecule has 0 radical (unpaired) electrons. The number of hydrogen-bond donors (Lipinski definition) is 0. The Balaban J connectivity index is 1.38. The first-order valence-corrected chi connectivity index (χ1v) is 21.5. The predicted molar refractivity (Wildman–Crippen MR) is 239 cm³/mol. The molecule has 0 aliphatic rings. The van der Waals surface area contributed by atoms with Crippen molar-refractivity contribution in [2.45, 2.75) is 34.5 Å². The molecule has 0 N–H and O–H groups in total. The minimum atomic E-state index is -2.74. The first kappa shape index (κ1) is 39.6. The Labute approximate surface area is 353 Å². The highest BCUT2D eigenvalue weighted by molar-refractivity contribution is 8.30. The average molecular weight is 809 g/mol. The molecule has 6 nitrogen and oxygen atoms in total. The maximum Gasteiger partial charge on any atom is 0.350 e. The van der Waals surface area contributed by atoms with E-state index < -0.39 is 16.3 Å². The summed E-state index contributed by atoms with van der Waals surface area (Å²) in [6, 6.07) is 67.4. The molecule has 60 heavy (non-hydrogen) atoms. The van der Waals surface area contributed by atoms with Crippen molar-refractivity contribution < 1.29 is 27.9 Å². The predicted octanol–water partition coefficient (Wildman–Crippen LogP) is 15.0. The number of rotatable bonds is 16. The van der Waals surface area contributed by atoms with Crippen LogP contribution in [0.4, 0.5) is 0 Å². The Morgan fingerprint density at radius 3 is 1.40 bits per heavy atom. The maximum absolute atomic E-state index is 15.7. The van der Waals surface area contributed by atoms with Crippen molar-refractivity contribution in [1.29, 1.82) is 0 Å². The van der Waals surface area contributed by atoms with Crippen LogP contribution in [0.1, 0.15) is 30.1 Å². The van der Waals surface area contributed by atoms with E-state index in [9.17, 15) is 0 Å². The number of benzene rings is 8. The molecule has 0 bridgehead atoms. The molecular formula is C53H44O6S. The van der Waals surface area contributed by atoms with Crippen LogP contribution in [0.15, 0.2) is 227 Å². The van der Waals surface area contributed by atoms with Gasteiger partial charge in [0.1, 0.15) is 23.0 Å². The molecule has 0 aromatic heterocycles. The molecule has 0 heterocycles. The lowest BCUT2D eigenvalue weighted by atomic mass is 9.97. The smallest absolute Gasteiger partial charge is 0.350 e. The van der Waals surface area contributed by atoms with Crippen molar-refractivity contribution in [3.05, 3.63) is 218 Å². The Morgan fingerprint density at radius 2 is 0.900 bits per heavy atom. The quantitative estimate of drug-likeness (QED) is 0.0906. The molecule has 0 aliphatic carbocycles. The van der Waals surface area contributed by atoms with Crippen molar-refractivity contribution in [2.75, 3.05) is 6.61 Å². The van der Waals surface area contributed by atoms with E-state index in [0.717, 1.165) is 33.3 Å². The second-order valence-electron chi connectivity index (χ2n) is 13.8. The second kappa shape index (κ2) is 19.0. The minimum Gasteiger partial charge on any atom is -0.494 e. The second-order valence-corrected chi connectivity index (χ2v) is 16.5. The van der Waals surface area contributed by atoms with Gasteiger partial charge in [0.2, 0.25) is 5.75 Å². The van der Waals surface area contributed by atoms with Crippen molar-refractivity contribution in [2.24, 2.45) is 0 Å². The monoisotopic (exact) mass is 808 g/mol. The summed E-state index contributed by atoms with van der Waals surface area (Å²) in [5.41, 5.74) is 1.42. The van der Waals surface area contributed by atoms with E-state index in [1.165, 1.54) is 0 Å². The number of carbonyl (C=O) groups is 1. The highest BCUT2D eigenvalue weighted by Crippen LogP contribution is 2.69. The van der Waals surface area contributed by atoms with E-state index in [1.54, 1.807) is 6.07 Å². The van der Waals surface area contributed by atoms with E-state index in [-0.39, 0.29) is 22.8 Å². The lowest BCUT2D eigenvalue weighted by molar-refractivity contribution is 0.0757. The van der Waals surface area contributed by atoms with Gasteiger partial charge in [-0.25, -0.2) is 4.79 Å². The van der Waals surface area contributed by atoms with Crippen LogP contribution < -0.4 is 18.9 Å². The van der Waals surface area contributed by atoms with Gasteiger partial charge in [-0.3, -0.25) is 0 Å². The fraction of sp³-hybridized carbons (Fsp3) is 0.0755. The van der Waals surface area contributed by atoms with Crippen molar-refractivity contribution in [3.63, 3.8) is 0 Å². The number of para-hydroxylation sites is 3. The van der Waals surface area contributed by atoms with Crippen molar-refractivity contribution >= 4 is 16.3 Å². The minimum absolute atomic E-state index is 0.224. The van der Waals surface area contributed by atoms with Crippen LogP contribution in [0.2, 0.25) is 0 Å². The van der Waals surface area contributed by atoms with Crippen LogP contribution in [0.3, 0.4) is 0 Å². The summed E-state index contributed by atoms with van der Waals surface area (Å²) in [6.07, 6.45) is 1.98. The summed E-state index contributed by atoms with van der Waals surface area (Å²) >= 11 is 0. The Bertz CT molecular complexity index is 2550. The summed E-state index contributed by atoms with van der Waals surface area (Å²) in [6.45, 7) is 2.76. The summed E-state index contributed by atoms with van der Waals surface area (Å²) in [4.78, 5) is 18.2. The Kier molecular flexibility index (Phi) is 12.6. The molecule has 0 saturated carbocycles. The summed E-state index contributed by atoms with van der Waals surface area (Å²) in [7, 11) is -2.74. The molecule has 7 heteroatoms. The topological polar surface area (TPSA) is 63.2 Å². The molecule has 0 spiro atoms. The van der Waals surface area contributed by atoms with Gasteiger partial charge >= 0.3 is 5.97 Å². The average Bonchev–Trinajstić information content (AvgIpc) is 3.31. The summed E-state index contributed by atoms with van der Waals surface area (Å²) in [5.74, 6) is 2.64. The van der Waals surface area contributed by atoms with Crippen LogP contribution in [0, 0.1) is 0 Å². The van der Waals surface area contributed by atoms with Gasteiger partial charge in [-0.15, -0.1) is 0 Å².